The van der Waals surface area contributed by atoms with Crippen molar-refractivity contribution >= 4 is 10.0 Å². The molecule has 1 aromatic carbocycles. The van der Waals surface area contributed by atoms with Gasteiger partial charge in [-0.1, -0.05) is 23.4 Å². The molecule has 0 unspecified atom stereocenters. The number of nitrogens with zero attached hydrogens (tertiary/aromatic N) is 3. The van der Waals surface area contributed by atoms with Gasteiger partial charge < -0.3 is 8.94 Å². The lowest BCUT2D eigenvalue weighted by molar-refractivity contribution is 0.390. The molecule has 0 aliphatic rings. The summed E-state index contributed by atoms with van der Waals surface area (Å²) >= 11 is 0. The summed E-state index contributed by atoms with van der Waals surface area (Å²) in [6.45, 7) is 5.22. The van der Waals surface area contributed by atoms with Crippen molar-refractivity contribution in [2.45, 2.75) is 32.1 Å². The maximum absolute atomic E-state index is 12.3. The predicted octanol–water partition coefficient (Wildman–Crippen LogP) is 2.17. The maximum atomic E-state index is 12.3. The Morgan fingerprint density at radius 2 is 1.88 bits per heavy atom. The molecule has 1 N–H and O–H groups in total. The van der Waals surface area contributed by atoms with Crippen molar-refractivity contribution in [3.8, 4) is 11.5 Å². The SMILES string of the molecule is Cc1ccccc1-c1nnc(CCNS(=O)(=O)c2c(C)noc2C)o1. The fraction of sp³-hybridized carbons (Fsp3) is 0.312. The summed E-state index contributed by atoms with van der Waals surface area (Å²) in [7, 11) is -3.70. The minimum Gasteiger partial charge on any atom is -0.421 e. The van der Waals surface area contributed by atoms with Crippen LogP contribution in [0, 0.1) is 20.8 Å². The highest BCUT2D eigenvalue weighted by molar-refractivity contribution is 7.89. The Hall–Kier alpha value is -2.52. The predicted molar refractivity (Wildman–Crippen MR) is 89.3 cm³/mol. The molecule has 0 amide bonds. The molecule has 0 aliphatic heterocycles. The molecule has 2 heterocycles. The molecule has 0 fully saturated rings. The van der Waals surface area contributed by atoms with Crippen molar-refractivity contribution in [3.05, 3.63) is 47.2 Å². The first-order valence-corrected chi connectivity index (χ1v) is 9.17. The van der Waals surface area contributed by atoms with Crippen LogP contribution in [0.4, 0.5) is 0 Å². The molecule has 8 nitrogen and oxygen atoms in total. The van der Waals surface area contributed by atoms with Gasteiger partial charge in [0.2, 0.25) is 21.8 Å². The van der Waals surface area contributed by atoms with Gasteiger partial charge >= 0.3 is 0 Å². The molecule has 0 atom stereocenters. The lowest BCUT2D eigenvalue weighted by Crippen LogP contribution is -2.26. The molecule has 132 valence electrons. The minimum atomic E-state index is -3.70. The van der Waals surface area contributed by atoms with Gasteiger partial charge in [0.1, 0.15) is 10.6 Å². The Labute approximate surface area is 145 Å². The summed E-state index contributed by atoms with van der Waals surface area (Å²) in [6, 6.07) is 7.67. The van der Waals surface area contributed by atoms with Crippen LogP contribution in [0.25, 0.3) is 11.5 Å². The smallest absolute Gasteiger partial charge is 0.247 e. The van der Waals surface area contributed by atoms with Gasteiger partial charge in [-0.3, -0.25) is 0 Å². The Morgan fingerprint density at radius 1 is 1.12 bits per heavy atom. The topological polar surface area (TPSA) is 111 Å². The summed E-state index contributed by atoms with van der Waals surface area (Å²) in [5.74, 6) is 1.03. The van der Waals surface area contributed by atoms with Gasteiger partial charge in [-0.25, -0.2) is 13.1 Å². The van der Waals surface area contributed by atoms with Gasteiger partial charge in [0.25, 0.3) is 0 Å². The van der Waals surface area contributed by atoms with Crippen molar-refractivity contribution in [1.82, 2.24) is 20.1 Å². The van der Waals surface area contributed by atoms with E-state index in [1.165, 1.54) is 0 Å². The molecule has 0 spiro atoms. The molecule has 0 aliphatic carbocycles. The van der Waals surface area contributed by atoms with Gasteiger partial charge in [-0.05, 0) is 32.4 Å². The standard InChI is InChI=1S/C16H18N4O4S/c1-10-6-4-5-7-13(10)16-19-18-14(23-16)8-9-17-25(21,22)15-11(2)20-24-12(15)3/h4-7,17H,8-9H2,1-3H3. The van der Waals surface area contributed by atoms with E-state index in [0.29, 0.717) is 17.5 Å². The summed E-state index contributed by atoms with van der Waals surface area (Å²) < 4.78 is 37.6. The van der Waals surface area contributed by atoms with Crippen LogP contribution < -0.4 is 4.72 Å². The second kappa shape index (κ2) is 6.77. The second-order valence-corrected chi connectivity index (χ2v) is 7.32. The molecule has 0 radical (unpaired) electrons. The van der Waals surface area contributed by atoms with Crippen molar-refractivity contribution in [1.29, 1.82) is 0 Å². The first kappa shape index (κ1) is 17.3. The van der Waals surface area contributed by atoms with Gasteiger partial charge in [-0.15, -0.1) is 10.2 Å². The molecular weight excluding hydrogens is 344 g/mol. The summed E-state index contributed by atoms with van der Waals surface area (Å²) in [6.07, 6.45) is 0.279. The molecule has 2 aromatic heterocycles. The third kappa shape index (κ3) is 3.62. The Morgan fingerprint density at radius 3 is 2.56 bits per heavy atom. The zero-order valence-corrected chi connectivity index (χ0v) is 14.9. The molecular formula is C16H18N4O4S. The fourth-order valence-electron chi connectivity index (χ4n) is 2.50. The van der Waals surface area contributed by atoms with E-state index in [1.54, 1.807) is 13.8 Å². The normalized spacial score (nSPS) is 11.8. The van der Waals surface area contributed by atoms with Crippen LogP contribution >= 0.6 is 0 Å². The number of benzene rings is 1. The summed E-state index contributed by atoms with van der Waals surface area (Å²) in [5, 5.41) is 11.6. The van der Waals surface area contributed by atoms with Crippen molar-refractivity contribution in [2.24, 2.45) is 0 Å². The lowest BCUT2D eigenvalue weighted by atomic mass is 10.1. The van der Waals surface area contributed by atoms with E-state index < -0.39 is 10.0 Å². The largest absolute Gasteiger partial charge is 0.421 e. The molecule has 25 heavy (non-hydrogen) atoms. The number of aryl methyl sites for hydroxylation is 3. The quantitative estimate of drug-likeness (QED) is 0.715. The highest BCUT2D eigenvalue weighted by Gasteiger charge is 2.23. The van der Waals surface area contributed by atoms with Gasteiger partial charge in [0.15, 0.2) is 5.76 Å². The lowest BCUT2D eigenvalue weighted by Gasteiger charge is -2.04. The van der Waals surface area contributed by atoms with E-state index >= 15 is 0 Å². The van der Waals surface area contributed by atoms with Crippen LogP contribution in [-0.4, -0.2) is 30.3 Å². The van der Waals surface area contributed by atoms with E-state index in [0.717, 1.165) is 11.1 Å². The molecule has 9 heteroatoms. The first-order chi connectivity index (χ1) is 11.9. The van der Waals surface area contributed by atoms with E-state index in [9.17, 15) is 8.42 Å². The summed E-state index contributed by atoms with van der Waals surface area (Å²) in [5.41, 5.74) is 2.21. The number of hydrogen-bond donors (Lipinski definition) is 1. The van der Waals surface area contributed by atoms with E-state index in [-0.39, 0.29) is 23.6 Å². The van der Waals surface area contributed by atoms with Gasteiger partial charge in [0, 0.05) is 18.5 Å². The molecule has 0 saturated carbocycles. The fourth-order valence-corrected chi connectivity index (χ4v) is 3.86. The van der Waals surface area contributed by atoms with Crippen molar-refractivity contribution < 1.29 is 17.4 Å². The van der Waals surface area contributed by atoms with Crippen LogP contribution in [0.3, 0.4) is 0 Å². The highest BCUT2D eigenvalue weighted by atomic mass is 32.2. The van der Waals surface area contributed by atoms with E-state index in [4.69, 9.17) is 8.94 Å². The van der Waals surface area contributed by atoms with Crippen LogP contribution in [0.5, 0.6) is 0 Å². The van der Waals surface area contributed by atoms with Gasteiger partial charge in [0.05, 0.1) is 0 Å². The second-order valence-electron chi connectivity index (χ2n) is 5.62. The van der Waals surface area contributed by atoms with Crippen molar-refractivity contribution in [3.63, 3.8) is 0 Å². The first-order valence-electron chi connectivity index (χ1n) is 7.69. The number of aromatic nitrogens is 3. The third-order valence-electron chi connectivity index (χ3n) is 3.71. The maximum Gasteiger partial charge on any atom is 0.247 e. The average molecular weight is 362 g/mol. The zero-order valence-electron chi connectivity index (χ0n) is 14.1. The van der Waals surface area contributed by atoms with E-state index in [1.807, 2.05) is 31.2 Å². The van der Waals surface area contributed by atoms with Crippen molar-refractivity contribution in [2.75, 3.05) is 6.54 Å². The van der Waals surface area contributed by atoms with Crippen LogP contribution in [0.2, 0.25) is 0 Å². The zero-order chi connectivity index (χ0) is 18.0. The molecule has 0 saturated heterocycles. The number of rotatable bonds is 6. The van der Waals surface area contributed by atoms with Gasteiger partial charge in [-0.2, -0.15) is 0 Å². The van der Waals surface area contributed by atoms with Crippen LogP contribution in [0.15, 0.2) is 38.1 Å². The molecule has 3 rings (SSSR count). The number of hydrogen-bond acceptors (Lipinski definition) is 7. The third-order valence-corrected chi connectivity index (χ3v) is 5.41. The molecule has 0 bridgehead atoms. The Balaban J connectivity index is 1.66. The molecule has 3 aromatic rings. The monoisotopic (exact) mass is 362 g/mol. The Kier molecular flexibility index (Phi) is 4.69. The van der Waals surface area contributed by atoms with Crippen LogP contribution in [-0.2, 0) is 16.4 Å². The highest BCUT2D eigenvalue weighted by Crippen LogP contribution is 2.22. The number of sulfonamides is 1. The van der Waals surface area contributed by atoms with E-state index in [2.05, 4.69) is 20.1 Å². The summed E-state index contributed by atoms with van der Waals surface area (Å²) in [4.78, 5) is 0.0682. The minimum absolute atomic E-state index is 0.0682. The number of nitrogens with one attached hydrogen (secondary N) is 1. The van der Waals surface area contributed by atoms with Crippen LogP contribution in [0.1, 0.15) is 22.9 Å². The Bertz CT molecular complexity index is 972. The average Bonchev–Trinajstić information content (AvgIpc) is 3.15.